The minimum Gasteiger partial charge on any atom is -0.497 e. The van der Waals surface area contributed by atoms with E-state index in [0.717, 1.165) is 29.2 Å². The molecule has 0 unspecified atom stereocenters. The summed E-state index contributed by atoms with van der Waals surface area (Å²) in [4.78, 5) is 4.52. The number of hydrogen-bond donors (Lipinski definition) is 1. The third kappa shape index (κ3) is 3.14. The van der Waals surface area contributed by atoms with E-state index in [-0.39, 0.29) is 0 Å². The van der Waals surface area contributed by atoms with Gasteiger partial charge in [0.15, 0.2) is 0 Å². The fraction of sp³-hybridized carbons (Fsp3) is 0.167. The summed E-state index contributed by atoms with van der Waals surface area (Å²) in [5.41, 5.74) is 4.41. The number of ether oxygens (including phenoxy) is 1. The molecule has 0 aliphatic heterocycles. The molecular formula is C18H18N2O. The molecule has 2 aromatic carbocycles. The average Bonchev–Trinajstić information content (AvgIpc) is 2.53. The van der Waals surface area contributed by atoms with Gasteiger partial charge in [-0.1, -0.05) is 12.1 Å². The van der Waals surface area contributed by atoms with Crippen LogP contribution in [0.2, 0.25) is 0 Å². The smallest absolute Gasteiger partial charge is 0.119 e. The van der Waals surface area contributed by atoms with Gasteiger partial charge in [0, 0.05) is 23.3 Å². The maximum absolute atomic E-state index is 5.16. The Bertz CT molecular complexity index is 751. The van der Waals surface area contributed by atoms with Crippen molar-refractivity contribution in [2.45, 2.75) is 13.5 Å². The van der Waals surface area contributed by atoms with E-state index in [0.29, 0.717) is 0 Å². The van der Waals surface area contributed by atoms with Gasteiger partial charge in [-0.2, -0.15) is 0 Å². The maximum Gasteiger partial charge on any atom is 0.119 e. The van der Waals surface area contributed by atoms with Gasteiger partial charge in [-0.05, 0) is 55.0 Å². The van der Waals surface area contributed by atoms with Crippen molar-refractivity contribution in [3.63, 3.8) is 0 Å². The Balaban J connectivity index is 1.73. The molecule has 1 heterocycles. The summed E-state index contributed by atoms with van der Waals surface area (Å²) in [6.45, 7) is 2.80. The lowest BCUT2D eigenvalue weighted by molar-refractivity contribution is 0.415. The zero-order chi connectivity index (χ0) is 14.7. The second kappa shape index (κ2) is 5.83. The molecule has 0 fully saturated rings. The predicted molar refractivity (Wildman–Crippen MR) is 86.8 cm³/mol. The van der Waals surface area contributed by atoms with Gasteiger partial charge in [0.1, 0.15) is 5.75 Å². The van der Waals surface area contributed by atoms with Crippen LogP contribution in [0.5, 0.6) is 5.75 Å². The number of methoxy groups -OCH3 is 1. The molecule has 1 aromatic heterocycles. The van der Waals surface area contributed by atoms with Crippen molar-refractivity contribution in [3.8, 4) is 5.75 Å². The van der Waals surface area contributed by atoms with Gasteiger partial charge in [0.25, 0.3) is 0 Å². The summed E-state index contributed by atoms with van der Waals surface area (Å²) in [7, 11) is 1.67. The summed E-state index contributed by atoms with van der Waals surface area (Å²) < 4.78 is 5.16. The third-order valence-electron chi connectivity index (χ3n) is 3.48. The summed E-state index contributed by atoms with van der Waals surface area (Å²) in [6.07, 6.45) is 0. The minimum atomic E-state index is 0.788. The van der Waals surface area contributed by atoms with E-state index in [1.165, 1.54) is 10.9 Å². The lowest BCUT2D eigenvalue weighted by Gasteiger charge is -2.08. The number of nitrogens with zero attached hydrogens (tertiary/aromatic N) is 1. The molecule has 3 aromatic rings. The van der Waals surface area contributed by atoms with E-state index in [1.807, 2.05) is 37.3 Å². The minimum absolute atomic E-state index is 0.788. The lowest BCUT2D eigenvalue weighted by atomic mass is 10.1. The second-order valence-electron chi connectivity index (χ2n) is 5.06. The SMILES string of the molecule is COc1ccc(NCc2ccc3nc(C)ccc3c2)cc1. The number of pyridine rings is 1. The van der Waals surface area contributed by atoms with Crippen LogP contribution in [0.1, 0.15) is 11.3 Å². The molecule has 21 heavy (non-hydrogen) atoms. The molecule has 0 atom stereocenters. The van der Waals surface area contributed by atoms with Crippen LogP contribution in [0, 0.1) is 6.92 Å². The number of benzene rings is 2. The Kier molecular flexibility index (Phi) is 3.73. The molecule has 0 amide bonds. The predicted octanol–water partition coefficient (Wildman–Crippen LogP) is 4.16. The first-order valence-corrected chi connectivity index (χ1v) is 6.99. The Morgan fingerprint density at radius 1 is 1.00 bits per heavy atom. The standard InChI is InChI=1S/C18H18N2O/c1-13-3-5-15-11-14(4-10-18(15)20-13)12-19-16-6-8-17(21-2)9-7-16/h3-11,19H,12H2,1-2H3. The topological polar surface area (TPSA) is 34.1 Å². The summed E-state index contributed by atoms with van der Waals surface area (Å²) in [6, 6.07) is 18.5. The Labute approximate surface area is 124 Å². The van der Waals surface area contributed by atoms with Crippen LogP contribution >= 0.6 is 0 Å². The number of fused-ring (bicyclic) bond motifs is 1. The highest BCUT2D eigenvalue weighted by molar-refractivity contribution is 5.79. The number of aryl methyl sites for hydroxylation is 1. The van der Waals surface area contributed by atoms with Crippen LogP contribution in [0.25, 0.3) is 10.9 Å². The summed E-state index contributed by atoms with van der Waals surface area (Å²) in [5.74, 6) is 0.868. The highest BCUT2D eigenvalue weighted by Crippen LogP contribution is 2.18. The number of rotatable bonds is 4. The molecule has 0 bridgehead atoms. The molecule has 0 aliphatic rings. The molecule has 3 rings (SSSR count). The lowest BCUT2D eigenvalue weighted by Crippen LogP contribution is -1.99. The molecule has 0 spiro atoms. The average molecular weight is 278 g/mol. The maximum atomic E-state index is 5.16. The van der Waals surface area contributed by atoms with Crippen molar-refractivity contribution in [2.24, 2.45) is 0 Å². The van der Waals surface area contributed by atoms with Gasteiger partial charge in [0.2, 0.25) is 0 Å². The highest BCUT2D eigenvalue weighted by Gasteiger charge is 1.99. The van der Waals surface area contributed by atoms with E-state index < -0.39 is 0 Å². The van der Waals surface area contributed by atoms with Crippen LogP contribution in [-0.2, 0) is 6.54 Å². The van der Waals surface area contributed by atoms with Crippen LogP contribution in [0.15, 0.2) is 54.6 Å². The van der Waals surface area contributed by atoms with Crippen molar-refractivity contribution in [2.75, 3.05) is 12.4 Å². The number of aromatic nitrogens is 1. The summed E-state index contributed by atoms with van der Waals surface area (Å²) in [5, 5.41) is 4.59. The van der Waals surface area contributed by atoms with Crippen molar-refractivity contribution in [1.29, 1.82) is 0 Å². The van der Waals surface area contributed by atoms with E-state index in [1.54, 1.807) is 7.11 Å². The molecule has 0 saturated heterocycles. The number of hydrogen-bond acceptors (Lipinski definition) is 3. The van der Waals surface area contributed by atoms with Gasteiger partial charge in [-0.15, -0.1) is 0 Å². The van der Waals surface area contributed by atoms with Gasteiger partial charge >= 0.3 is 0 Å². The van der Waals surface area contributed by atoms with E-state index >= 15 is 0 Å². The molecular weight excluding hydrogens is 260 g/mol. The summed E-state index contributed by atoms with van der Waals surface area (Å²) >= 11 is 0. The second-order valence-corrected chi connectivity index (χ2v) is 5.06. The van der Waals surface area contributed by atoms with Crippen molar-refractivity contribution in [1.82, 2.24) is 4.98 Å². The van der Waals surface area contributed by atoms with E-state index in [9.17, 15) is 0 Å². The molecule has 3 heteroatoms. The first kappa shape index (κ1) is 13.4. The normalized spacial score (nSPS) is 10.6. The van der Waals surface area contributed by atoms with Gasteiger partial charge < -0.3 is 10.1 Å². The van der Waals surface area contributed by atoms with Gasteiger partial charge in [0.05, 0.1) is 12.6 Å². The van der Waals surface area contributed by atoms with Crippen molar-refractivity contribution in [3.05, 3.63) is 65.9 Å². The van der Waals surface area contributed by atoms with Crippen molar-refractivity contribution < 1.29 is 4.74 Å². The zero-order valence-corrected chi connectivity index (χ0v) is 12.3. The monoisotopic (exact) mass is 278 g/mol. The first-order chi connectivity index (χ1) is 10.2. The Morgan fingerprint density at radius 3 is 2.57 bits per heavy atom. The van der Waals surface area contributed by atoms with Gasteiger partial charge in [-0.3, -0.25) is 4.98 Å². The zero-order valence-electron chi connectivity index (χ0n) is 12.3. The largest absolute Gasteiger partial charge is 0.497 e. The van der Waals surface area contributed by atoms with Crippen LogP contribution < -0.4 is 10.1 Å². The fourth-order valence-electron chi connectivity index (χ4n) is 2.30. The molecule has 0 aliphatic carbocycles. The quantitative estimate of drug-likeness (QED) is 0.778. The van der Waals surface area contributed by atoms with Crippen LogP contribution in [-0.4, -0.2) is 12.1 Å². The Morgan fingerprint density at radius 2 is 1.81 bits per heavy atom. The molecule has 3 nitrogen and oxygen atoms in total. The van der Waals surface area contributed by atoms with E-state index in [2.05, 4.69) is 34.6 Å². The molecule has 1 N–H and O–H groups in total. The number of anilines is 1. The fourth-order valence-corrected chi connectivity index (χ4v) is 2.30. The Hall–Kier alpha value is -2.55. The van der Waals surface area contributed by atoms with Gasteiger partial charge in [-0.25, -0.2) is 0 Å². The number of nitrogens with one attached hydrogen (secondary N) is 1. The first-order valence-electron chi connectivity index (χ1n) is 6.99. The van der Waals surface area contributed by atoms with Crippen LogP contribution in [0.3, 0.4) is 0 Å². The van der Waals surface area contributed by atoms with Crippen LogP contribution in [0.4, 0.5) is 5.69 Å². The molecule has 0 saturated carbocycles. The third-order valence-corrected chi connectivity index (χ3v) is 3.48. The molecule has 106 valence electrons. The van der Waals surface area contributed by atoms with E-state index in [4.69, 9.17) is 4.74 Å². The van der Waals surface area contributed by atoms with Crippen molar-refractivity contribution >= 4 is 16.6 Å². The molecule has 0 radical (unpaired) electrons. The highest BCUT2D eigenvalue weighted by atomic mass is 16.5.